The first kappa shape index (κ1) is 14.0. The highest BCUT2D eigenvalue weighted by molar-refractivity contribution is 7.91. The van der Waals surface area contributed by atoms with E-state index in [1.807, 2.05) is 6.92 Å². The number of nitrogens with zero attached hydrogens (tertiary/aromatic N) is 1. The highest BCUT2D eigenvalue weighted by Gasteiger charge is 2.28. The molecule has 0 aromatic carbocycles. The molecule has 1 saturated carbocycles. The van der Waals surface area contributed by atoms with Gasteiger partial charge in [0.2, 0.25) is 0 Å². The molecule has 0 saturated heterocycles. The van der Waals surface area contributed by atoms with E-state index in [1.54, 1.807) is 0 Å². The van der Waals surface area contributed by atoms with Gasteiger partial charge in [0, 0.05) is 11.4 Å². The second-order valence-corrected chi connectivity index (χ2v) is 8.34. The van der Waals surface area contributed by atoms with E-state index in [-0.39, 0.29) is 11.0 Å². The zero-order chi connectivity index (χ0) is 13.2. The summed E-state index contributed by atoms with van der Waals surface area (Å²) in [6.45, 7) is 2.32. The number of rotatable bonds is 4. The van der Waals surface area contributed by atoms with Gasteiger partial charge in [-0.25, -0.2) is 13.4 Å². The Labute approximate surface area is 113 Å². The van der Waals surface area contributed by atoms with Crippen LogP contribution in [0.1, 0.15) is 47.7 Å². The molecule has 1 heterocycles. The van der Waals surface area contributed by atoms with E-state index in [0.717, 1.165) is 36.3 Å². The van der Waals surface area contributed by atoms with Crippen molar-refractivity contribution in [1.29, 1.82) is 0 Å². The first-order valence-electron chi connectivity index (χ1n) is 6.40. The maximum absolute atomic E-state index is 12.3. The largest absolute Gasteiger partial charge is 0.326 e. The molecule has 4 nitrogen and oxygen atoms in total. The molecular weight excluding hydrogens is 268 g/mol. The van der Waals surface area contributed by atoms with Gasteiger partial charge in [0.15, 0.2) is 9.84 Å². The topological polar surface area (TPSA) is 73.0 Å². The molecule has 1 aliphatic rings. The number of thiazole rings is 1. The summed E-state index contributed by atoms with van der Waals surface area (Å²) in [4.78, 5) is 5.31. The van der Waals surface area contributed by atoms with Crippen molar-refractivity contribution in [3.05, 3.63) is 15.6 Å². The zero-order valence-corrected chi connectivity index (χ0v) is 12.3. The number of aryl methyl sites for hydroxylation is 1. The lowest BCUT2D eigenvalue weighted by Gasteiger charge is -2.21. The molecule has 0 amide bonds. The minimum atomic E-state index is -3.04. The third-order valence-corrected chi connectivity index (χ3v) is 7.03. The van der Waals surface area contributed by atoms with Gasteiger partial charge in [0.05, 0.1) is 10.9 Å². The summed E-state index contributed by atoms with van der Waals surface area (Å²) in [5.41, 5.74) is 6.46. The summed E-state index contributed by atoms with van der Waals surface area (Å²) < 4.78 is 24.6. The normalized spacial score (nSPS) is 18.1. The predicted molar refractivity (Wildman–Crippen MR) is 74.2 cm³/mol. The summed E-state index contributed by atoms with van der Waals surface area (Å²) >= 11 is 1.44. The van der Waals surface area contributed by atoms with Crippen molar-refractivity contribution >= 4 is 21.2 Å². The highest BCUT2D eigenvalue weighted by Crippen LogP contribution is 2.27. The SMILES string of the molecule is Cc1nc(CS(=O)(=O)C2CCCCC2)sc1CN. The van der Waals surface area contributed by atoms with Crippen molar-refractivity contribution < 1.29 is 8.42 Å². The van der Waals surface area contributed by atoms with Gasteiger partial charge < -0.3 is 5.73 Å². The monoisotopic (exact) mass is 288 g/mol. The third-order valence-electron chi connectivity index (χ3n) is 3.51. The van der Waals surface area contributed by atoms with Crippen molar-refractivity contribution in [2.75, 3.05) is 0 Å². The molecule has 2 N–H and O–H groups in total. The average molecular weight is 288 g/mol. The van der Waals surface area contributed by atoms with Crippen molar-refractivity contribution in [2.24, 2.45) is 5.73 Å². The van der Waals surface area contributed by atoms with Gasteiger partial charge in [-0.05, 0) is 19.8 Å². The van der Waals surface area contributed by atoms with Crippen LogP contribution in [-0.2, 0) is 22.1 Å². The molecule has 18 heavy (non-hydrogen) atoms. The summed E-state index contributed by atoms with van der Waals surface area (Å²) in [6, 6.07) is 0. The lowest BCUT2D eigenvalue weighted by atomic mass is 10.0. The van der Waals surface area contributed by atoms with E-state index in [1.165, 1.54) is 17.8 Å². The first-order valence-corrected chi connectivity index (χ1v) is 8.93. The smallest absolute Gasteiger partial charge is 0.159 e. The molecule has 0 radical (unpaired) electrons. The quantitative estimate of drug-likeness (QED) is 0.921. The van der Waals surface area contributed by atoms with E-state index in [2.05, 4.69) is 4.98 Å². The molecule has 1 aromatic heterocycles. The number of sulfone groups is 1. The molecule has 0 unspecified atom stereocenters. The summed E-state index contributed by atoms with van der Waals surface area (Å²) in [5.74, 6) is 0.0865. The Morgan fingerprint density at radius 3 is 2.56 bits per heavy atom. The van der Waals surface area contributed by atoms with Crippen LogP contribution in [0.4, 0.5) is 0 Å². The molecule has 0 atom stereocenters. The molecule has 0 bridgehead atoms. The molecule has 0 aliphatic heterocycles. The minimum Gasteiger partial charge on any atom is -0.326 e. The maximum atomic E-state index is 12.3. The minimum absolute atomic E-state index is 0.0865. The zero-order valence-electron chi connectivity index (χ0n) is 10.7. The Kier molecular flexibility index (Phi) is 4.40. The van der Waals surface area contributed by atoms with E-state index in [0.29, 0.717) is 11.6 Å². The number of aromatic nitrogens is 1. The Morgan fingerprint density at radius 1 is 1.33 bits per heavy atom. The van der Waals surface area contributed by atoms with Crippen LogP contribution in [-0.4, -0.2) is 18.7 Å². The predicted octanol–water partition coefficient (Wildman–Crippen LogP) is 2.16. The van der Waals surface area contributed by atoms with Crippen LogP contribution in [0.15, 0.2) is 0 Å². The third kappa shape index (κ3) is 3.10. The fourth-order valence-electron chi connectivity index (χ4n) is 2.45. The summed E-state index contributed by atoms with van der Waals surface area (Å²) in [6.07, 6.45) is 4.87. The molecule has 0 spiro atoms. The molecular formula is C12H20N2O2S2. The Balaban J connectivity index is 2.11. The van der Waals surface area contributed by atoms with Crippen molar-refractivity contribution in [1.82, 2.24) is 4.98 Å². The van der Waals surface area contributed by atoms with Crippen LogP contribution in [0.3, 0.4) is 0 Å². The standard InChI is InChI=1S/C12H20N2O2S2/c1-9-11(7-13)17-12(14-9)8-18(15,16)10-5-3-2-4-6-10/h10H,2-8,13H2,1H3. The number of hydrogen-bond donors (Lipinski definition) is 1. The van der Waals surface area contributed by atoms with Crippen LogP contribution < -0.4 is 5.73 Å². The molecule has 102 valence electrons. The van der Waals surface area contributed by atoms with Crippen molar-refractivity contribution in [2.45, 2.75) is 56.6 Å². The first-order chi connectivity index (χ1) is 8.53. The molecule has 2 rings (SSSR count). The van der Waals surface area contributed by atoms with E-state index in [9.17, 15) is 8.42 Å². The molecule has 1 aliphatic carbocycles. The second-order valence-electron chi connectivity index (χ2n) is 4.89. The van der Waals surface area contributed by atoms with Crippen LogP contribution in [0.2, 0.25) is 0 Å². The average Bonchev–Trinajstić information content (AvgIpc) is 2.70. The van der Waals surface area contributed by atoms with Gasteiger partial charge in [-0.2, -0.15) is 0 Å². The van der Waals surface area contributed by atoms with Gasteiger partial charge >= 0.3 is 0 Å². The second kappa shape index (κ2) is 5.67. The maximum Gasteiger partial charge on any atom is 0.159 e. The van der Waals surface area contributed by atoms with Gasteiger partial charge in [-0.15, -0.1) is 11.3 Å². The Morgan fingerprint density at radius 2 is 2.00 bits per heavy atom. The van der Waals surface area contributed by atoms with Gasteiger partial charge in [0.1, 0.15) is 10.8 Å². The van der Waals surface area contributed by atoms with Gasteiger partial charge in [-0.1, -0.05) is 19.3 Å². The number of nitrogens with two attached hydrogens (primary N) is 1. The summed E-state index contributed by atoms with van der Waals surface area (Å²) in [7, 11) is -3.04. The van der Waals surface area contributed by atoms with Gasteiger partial charge in [-0.3, -0.25) is 0 Å². The van der Waals surface area contributed by atoms with E-state index < -0.39 is 9.84 Å². The molecule has 6 heteroatoms. The highest BCUT2D eigenvalue weighted by atomic mass is 32.2. The Bertz CT molecular complexity index is 502. The van der Waals surface area contributed by atoms with Crippen LogP contribution in [0.5, 0.6) is 0 Å². The van der Waals surface area contributed by atoms with E-state index >= 15 is 0 Å². The molecule has 1 fully saturated rings. The molecule has 1 aromatic rings. The lowest BCUT2D eigenvalue weighted by molar-refractivity contribution is 0.483. The lowest BCUT2D eigenvalue weighted by Crippen LogP contribution is -2.25. The van der Waals surface area contributed by atoms with Crippen molar-refractivity contribution in [3.8, 4) is 0 Å². The van der Waals surface area contributed by atoms with Crippen LogP contribution >= 0.6 is 11.3 Å². The van der Waals surface area contributed by atoms with Gasteiger partial charge in [0.25, 0.3) is 0 Å². The summed E-state index contributed by atoms with van der Waals surface area (Å²) in [5, 5.41) is 0.537. The fourth-order valence-corrected chi connectivity index (χ4v) is 5.62. The van der Waals surface area contributed by atoms with Crippen LogP contribution in [0, 0.1) is 6.92 Å². The Hall–Kier alpha value is -0.460. The fraction of sp³-hybridized carbons (Fsp3) is 0.750. The van der Waals surface area contributed by atoms with E-state index in [4.69, 9.17) is 5.73 Å². The van der Waals surface area contributed by atoms with Crippen molar-refractivity contribution in [3.63, 3.8) is 0 Å². The van der Waals surface area contributed by atoms with Crippen LogP contribution in [0.25, 0.3) is 0 Å². The number of hydrogen-bond acceptors (Lipinski definition) is 5.